The molecule has 7 heteroatoms. The summed E-state index contributed by atoms with van der Waals surface area (Å²) in [4.78, 5) is 25.1. The molecule has 2 saturated heterocycles. The average molecular weight is 281 g/mol. The third-order valence-electron chi connectivity index (χ3n) is 3.92. The van der Waals surface area contributed by atoms with Gasteiger partial charge in [0.05, 0.1) is 9.80 Å². The molecule has 3 rings (SSSR count). The van der Waals surface area contributed by atoms with E-state index in [0.29, 0.717) is 10.8 Å². The molecule has 1 aromatic rings. The van der Waals surface area contributed by atoms with Crippen LogP contribution in [0.4, 0.5) is 5.00 Å². The highest BCUT2D eigenvalue weighted by Gasteiger charge is 2.38. The van der Waals surface area contributed by atoms with Crippen molar-refractivity contribution in [2.75, 3.05) is 19.6 Å². The molecule has 0 radical (unpaired) electrons. The van der Waals surface area contributed by atoms with Gasteiger partial charge in [0.15, 0.2) is 0 Å². The van der Waals surface area contributed by atoms with Crippen molar-refractivity contribution in [2.24, 2.45) is 5.92 Å². The van der Waals surface area contributed by atoms with Gasteiger partial charge >= 0.3 is 5.00 Å². The maximum absolute atomic E-state index is 12.5. The molecule has 2 unspecified atom stereocenters. The normalized spacial score (nSPS) is 26.2. The van der Waals surface area contributed by atoms with Crippen molar-refractivity contribution in [3.05, 3.63) is 27.1 Å². The summed E-state index contributed by atoms with van der Waals surface area (Å²) in [6, 6.07) is 3.23. The highest BCUT2D eigenvalue weighted by atomic mass is 32.1. The van der Waals surface area contributed by atoms with Crippen LogP contribution in [0.3, 0.4) is 0 Å². The maximum Gasteiger partial charge on any atom is 0.324 e. The van der Waals surface area contributed by atoms with E-state index in [0.717, 1.165) is 43.8 Å². The maximum atomic E-state index is 12.5. The summed E-state index contributed by atoms with van der Waals surface area (Å²) in [7, 11) is 0. The number of nitrogens with one attached hydrogen (secondary N) is 1. The Morgan fingerprint density at radius 1 is 1.47 bits per heavy atom. The van der Waals surface area contributed by atoms with Crippen LogP contribution in [0.25, 0.3) is 0 Å². The number of hydrogen-bond donors (Lipinski definition) is 1. The number of hydrogen-bond acceptors (Lipinski definition) is 5. The molecule has 2 aliphatic rings. The van der Waals surface area contributed by atoms with E-state index in [1.54, 1.807) is 6.07 Å². The van der Waals surface area contributed by atoms with E-state index >= 15 is 0 Å². The van der Waals surface area contributed by atoms with Gasteiger partial charge in [0, 0.05) is 31.7 Å². The molecule has 19 heavy (non-hydrogen) atoms. The predicted molar refractivity (Wildman–Crippen MR) is 71.4 cm³/mol. The molecule has 3 heterocycles. The number of thiophene rings is 1. The summed E-state index contributed by atoms with van der Waals surface area (Å²) in [6.45, 7) is 2.57. The molecule has 2 aliphatic heterocycles. The zero-order valence-electron chi connectivity index (χ0n) is 10.4. The Balaban J connectivity index is 1.80. The van der Waals surface area contributed by atoms with Gasteiger partial charge < -0.3 is 10.2 Å². The Morgan fingerprint density at radius 3 is 3.05 bits per heavy atom. The summed E-state index contributed by atoms with van der Waals surface area (Å²) in [5.74, 6) is 0.476. The predicted octanol–water partition coefficient (Wildman–Crippen LogP) is 1.48. The number of rotatable bonds is 2. The van der Waals surface area contributed by atoms with Crippen molar-refractivity contribution in [1.82, 2.24) is 10.2 Å². The molecule has 2 atom stereocenters. The van der Waals surface area contributed by atoms with Crippen LogP contribution in [0.15, 0.2) is 12.1 Å². The summed E-state index contributed by atoms with van der Waals surface area (Å²) < 4.78 is 0. The van der Waals surface area contributed by atoms with Crippen molar-refractivity contribution in [2.45, 2.75) is 18.9 Å². The second kappa shape index (κ2) is 4.90. The SMILES string of the molecule is O=C(c1ccc([N+](=O)[O-])s1)N1CCCC2CNCC21. The Kier molecular flexibility index (Phi) is 3.24. The topological polar surface area (TPSA) is 75.5 Å². The van der Waals surface area contributed by atoms with Crippen LogP contribution in [0.5, 0.6) is 0 Å². The molecule has 0 bridgehead atoms. The second-order valence-corrected chi connectivity index (χ2v) is 6.08. The first-order valence-corrected chi connectivity index (χ1v) is 7.24. The molecular weight excluding hydrogens is 266 g/mol. The number of amides is 1. The van der Waals surface area contributed by atoms with Crippen molar-refractivity contribution >= 4 is 22.2 Å². The summed E-state index contributed by atoms with van der Waals surface area (Å²) in [6.07, 6.45) is 2.17. The molecule has 2 fully saturated rings. The number of fused-ring (bicyclic) bond motifs is 1. The third kappa shape index (κ3) is 2.23. The van der Waals surface area contributed by atoms with Gasteiger partial charge in [-0.05, 0) is 24.8 Å². The molecule has 0 aromatic carbocycles. The lowest BCUT2D eigenvalue weighted by Crippen LogP contribution is -2.48. The molecule has 0 saturated carbocycles. The minimum absolute atomic E-state index is 0.0291. The molecule has 1 amide bonds. The number of nitrogens with zero attached hydrogens (tertiary/aromatic N) is 2. The van der Waals surface area contributed by atoms with Crippen molar-refractivity contribution in [3.63, 3.8) is 0 Å². The monoisotopic (exact) mass is 281 g/mol. The van der Waals surface area contributed by atoms with Crippen LogP contribution in [-0.2, 0) is 0 Å². The summed E-state index contributed by atoms with van der Waals surface area (Å²) >= 11 is 0.966. The number of carbonyl (C=O) groups excluding carboxylic acids is 1. The fraction of sp³-hybridized carbons (Fsp3) is 0.583. The molecular formula is C12H15N3O3S. The number of likely N-dealkylation sites (tertiary alicyclic amines) is 1. The van der Waals surface area contributed by atoms with Gasteiger partial charge in [-0.25, -0.2) is 0 Å². The largest absolute Gasteiger partial charge is 0.333 e. The zero-order chi connectivity index (χ0) is 13.4. The van der Waals surface area contributed by atoms with Gasteiger partial charge in [0.25, 0.3) is 5.91 Å². The van der Waals surface area contributed by atoms with Crippen LogP contribution in [0.1, 0.15) is 22.5 Å². The minimum Gasteiger partial charge on any atom is -0.333 e. The van der Waals surface area contributed by atoms with Crippen molar-refractivity contribution in [1.29, 1.82) is 0 Å². The number of nitro groups is 1. The van der Waals surface area contributed by atoms with Crippen LogP contribution >= 0.6 is 11.3 Å². The van der Waals surface area contributed by atoms with E-state index in [2.05, 4.69) is 5.32 Å². The fourth-order valence-electron chi connectivity index (χ4n) is 3.00. The summed E-state index contributed by atoms with van der Waals surface area (Å²) in [5, 5.41) is 14.0. The number of piperidine rings is 1. The third-order valence-corrected chi connectivity index (χ3v) is 4.95. The molecule has 6 nitrogen and oxygen atoms in total. The molecule has 1 N–H and O–H groups in total. The van der Waals surface area contributed by atoms with Gasteiger partial charge in [-0.3, -0.25) is 14.9 Å². The quantitative estimate of drug-likeness (QED) is 0.658. The Labute approximate surface area is 114 Å². The van der Waals surface area contributed by atoms with E-state index in [-0.39, 0.29) is 17.0 Å². The van der Waals surface area contributed by atoms with Gasteiger partial charge in [0.2, 0.25) is 0 Å². The van der Waals surface area contributed by atoms with E-state index in [9.17, 15) is 14.9 Å². The van der Waals surface area contributed by atoms with Gasteiger partial charge in [0.1, 0.15) is 0 Å². The average Bonchev–Trinajstić information content (AvgIpc) is 3.06. The first-order chi connectivity index (χ1) is 9.16. The van der Waals surface area contributed by atoms with E-state index < -0.39 is 4.92 Å². The highest BCUT2D eigenvalue weighted by molar-refractivity contribution is 7.17. The molecule has 0 aliphatic carbocycles. The lowest BCUT2D eigenvalue weighted by atomic mass is 9.92. The smallest absolute Gasteiger partial charge is 0.324 e. The lowest BCUT2D eigenvalue weighted by molar-refractivity contribution is -0.380. The van der Waals surface area contributed by atoms with Crippen LogP contribution in [0.2, 0.25) is 0 Å². The summed E-state index contributed by atoms with van der Waals surface area (Å²) in [5.41, 5.74) is 0. The standard InChI is InChI=1S/C12H15N3O3S/c16-12(10-3-4-11(19-10)15(17)18)14-5-1-2-8-6-13-7-9(8)14/h3-4,8-9,13H,1-2,5-7H2. The highest BCUT2D eigenvalue weighted by Crippen LogP contribution is 2.30. The molecule has 102 valence electrons. The molecule has 0 spiro atoms. The van der Waals surface area contributed by atoms with Crippen molar-refractivity contribution < 1.29 is 9.72 Å². The van der Waals surface area contributed by atoms with E-state index in [4.69, 9.17) is 0 Å². The van der Waals surface area contributed by atoms with Crippen LogP contribution in [-0.4, -0.2) is 41.4 Å². The lowest BCUT2D eigenvalue weighted by Gasteiger charge is -2.36. The van der Waals surface area contributed by atoms with E-state index in [1.807, 2.05) is 4.90 Å². The van der Waals surface area contributed by atoms with Gasteiger partial charge in [-0.1, -0.05) is 11.3 Å². The Bertz CT molecular complexity index is 516. The van der Waals surface area contributed by atoms with Crippen LogP contribution in [0, 0.1) is 16.0 Å². The van der Waals surface area contributed by atoms with Gasteiger partial charge in [-0.2, -0.15) is 0 Å². The van der Waals surface area contributed by atoms with E-state index in [1.165, 1.54) is 6.07 Å². The fourth-order valence-corrected chi connectivity index (χ4v) is 3.78. The van der Waals surface area contributed by atoms with Gasteiger partial charge in [-0.15, -0.1) is 0 Å². The minimum atomic E-state index is -0.447. The molecule has 1 aromatic heterocycles. The Morgan fingerprint density at radius 2 is 2.32 bits per heavy atom. The zero-order valence-corrected chi connectivity index (χ0v) is 11.2. The first kappa shape index (κ1) is 12.6. The van der Waals surface area contributed by atoms with Crippen LogP contribution < -0.4 is 5.32 Å². The first-order valence-electron chi connectivity index (χ1n) is 6.43. The Hall–Kier alpha value is -1.47. The van der Waals surface area contributed by atoms with Crippen molar-refractivity contribution in [3.8, 4) is 0 Å². The number of carbonyl (C=O) groups is 1. The second-order valence-electron chi connectivity index (χ2n) is 5.02.